The summed E-state index contributed by atoms with van der Waals surface area (Å²) in [7, 11) is 1.62. The molecular formula is C15H21NO3. The van der Waals surface area contributed by atoms with Crippen molar-refractivity contribution < 1.29 is 14.6 Å². The number of hydrogen-bond donors (Lipinski definition) is 1. The number of nitrogens with zero attached hydrogens (tertiary/aromatic N) is 1. The molecule has 1 aliphatic rings. The molecule has 4 heteroatoms. The Balaban J connectivity index is 1.99. The SMILES string of the molecule is COCCN(CCO)C(=O)C1Cc2ccccc2C1. The van der Waals surface area contributed by atoms with Gasteiger partial charge in [-0.15, -0.1) is 0 Å². The molecule has 104 valence electrons. The second-order valence-electron chi connectivity index (χ2n) is 4.92. The summed E-state index contributed by atoms with van der Waals surface area (Å²) in [6, 6.07) is 8.21. The van der Waals surface area contributed by atoms with Gasteiger partial charge in [0, 0.05) is 26.1 Å². The highest BCUT2D eigenvalue weighted by Crippen LogP contribution is 2.27. The van der Waals surface area contributed by atoms with E-state index in [9.17, 15) is 4.79 Å². The highest BCUT2D eigenvalue weighted by molar-refractivity contribution is 5.80. The molecule has 1 aromatic rings. The molecule has 1 N–H and O–H groups in total. The molecule has 0 aliphatic heterocycles. The topological polar surface area (TPSA) is 49.8 Å². The van der Waals surface area contributed by atoms with Gasteiger partial charge in [0.15, 0.2) is 0 Å². The largest absolute Gasteiger partial charge is 0.395 e. The van der Waals surface area contributed by atoms with Crippen LogP contribution in [0.4, 0.5) is 0 Å². The van der Waals surface area contributed by atoms with Crippen molar-refractivity contribution >= 4 is 5.91 Å². The molecule has 19 heavy (non-hydrogen) atoms. The van der Waals surface area contributed by atoms with Gasteiger partial charge >= 0.3 is 0 Å². The number of hydrogen-bond acceptors (Lipinski definition) is 3. The lowest BCUT2D eigenvalue weighted by atomic mass is 10.0. The highest BCUT2D eigenvalue weighted by Gasteiger charge is 2.30. The summed E-state index contributed by atoms with van der Waals surface area (Å²) in [4.78, 5) is 14.2. The van der Waals surface area contributed by atoms with Crippen molar-refractivity contribution in [2.24, 2.45) is 5.92 Å². The van der Waals surface area contributed by atoms with Crippen LogP contribution in [0.5, 0.6) is 0 Å². The lowest BCUT2D eigenvalue weighted by Gasteiger charge is -2.24. The van der Waals surface area contributed by atoms with E-state index >= 15 is 0 Å². The predicted octanol–water partition coefficient (Wildman–Crippen LogP) is 0.869. The fraction of sp³-hybridized carbons (Fsp3) is 0.533. The molecule has 0 radical (unpaired) electrons. The van der Waals surface area contributed by atoms with Crippen LogP contribution >= 0.6 is 0 Å². The molecule has 1 aromatic carbocycles. The van der Waals surface area contributed by atoms with Gasteiger partial charge in [-0.1, -0.05) is 24.3 Å². The van der Waals surface area contributed by atoms with E-state index in [2.05, 4.69) is 12.1 Å². The third kappa shape index (κ3) is 3.33. The minimum atomic E-state index is -0.00484. The molecule has 0 atom stereocenters. The third-order valence-corrected chi connectivity index (χ3v) is 3.65. The number of aliphatic hydroxyl groups excluding tert-OH is 1. The fourth-order valence-corrected chi connectivity index (χ4v) is 2.65. The smallest absolute Gasteiger partial charge is 0.226 e. The first kappa shape index (κ1) is 14.0. The zero-order valence-electron chi connectivity index (χ0n) is 11.3. The molecule has 0 spiro atoms. The van der Waals surface area contributed by atoms with Crippen LogP contribution in [0.1, 0.15) is 11.1 Å². The van der Waals surface area contributed by atoms with Crippen LogP contribution in [0.15, 0.2) is 24.3 Å². The van der Waals surface area contributed by atoms with Gasteiger partial charge < -0.3 is 14.7 Å². The van der Waals surface area contributed by atoms with Crippen LogP contribution in [0.2, 0.25) is 0 Å². The molecule has 0 bridgehead atoms. The van der Waals surface area contributed by atoms with E-state index in [0.29, 0.717) is 19.7 Å². The van der Waals surface area contributed by atoms with Crippen molar-refractivity contribution in [1.29, 1.82) is 0 Å². The third-order valence-electron chi connectivity index (χ3n) is 3.65. The van der Waals surface area contributed by atoms with E-state index in [1.807, 2.05) is 12.1 Å². The van der Waals surface area contributed by atoms with Crippen LogP contribution in [-0.4, -0.2) is 49.3 Å². The first-order valence-electron chi connectivity index (χ1n) is 6.71. The quantitative estimate of drug-likeness (QED) is 0.828. The van der Waals surface area contributed by atoms with Crippen molar-refractivity contribution in [2.75, 3.05) is 33.4 Å². The molecule has 0 saturated carbocycles. The first-order chi connectivity index (χ1) is 9.26. The van der Waals surface area contributed by atoms with E-state index in [1.54, 1.807) is 12.0 Å². The molecule has 2 rings (SSSR count). The van der Waals surface area contributed by atoms with E-state index in [0.717, 1.165) is 12.8 Å². The monoisotopic (exact) mass is 263 g/mol. The van der Waals surface area contributed by atoms with Crippen LogP contribution in [0, 0.1) is 5.92 Å². The van der Waals surface area contributed by atoms with Crippen LogP contribution < -0.4 is 0 Å². The Morgan fingerprint density at radius 3 is 2.47 bits per heavy atom. The molecule has 0 fully saturated rings. The molecule has 0 aromatic heterocycles. The van der Waals surface area contributed by atoms with Gasteiger partial charge in [-0.2, -0.15) is 0 Å². The second-order valence-corrected chi connectivity index (χ2v) is 4.92. The number of fused-ring (bicyclic) bond motifs is 1. The number of methoxy groups -OCH3 is 1. The molecule has 0 saturated heterocycles. The number of ether oxygens (including phenoxy) is 1. The molecule has 0 unspecified atom stereocenters. The molecule has 4 nitrogen and oxygen atoms in total. The van der Waals surface area contributed by atoms with Gasteiger partial charge in [0.25, 0.3) is 0 Å². The normalized spacial score (nSPS) is 14.4. The summed E-state index contributed by atoms with van der Waals surface area (Å²) in [5, 5.41) is 9.07. The van der Waals surface area contributed by atoms with E-state index in [1.165, 1.54) is 11.1 Å². The number of aliphatic hydroxyl groups is 1. The summed E-state index contributed by atoms with van der Waals surface area (Å²) < 4.78 is 5.02. The Kier molecular flexibility index (Phi) is 4.93. The van der Waals surface area contributed by atoms with Crippen molar-refractivity contribution in [1.82, 2.24) is 4.90 Å². The zero-order chi connectivity index (χ0) is 13.7. The first-order valence-corrected chi connectivity index (χ1v) is 6.71. The maximum absolute atomic E-state index is 12.5. The van der Waals surface area contributed by atoms with Crippen molar-refractivity contribution in [3.05, 3.63) is 35.4 Å². The van der Waals surface area contributed by atoms with E-state index in [4.69, 9.17) is 9.84 Å². The van der Waals surface area contributed by atoms with Gasteiger partial charge in [-0.3, -0.25) is 4.79 Å². The number of carbonyl (C=O) groups excluding carboxylic acids is 1. The zero-order valence-corrected chi connectivity index (χ0v) is 11.3. The standard InChI is InChI=1S/C15H21NO3/c1-19-9-7-16(6-8-17)15(18)14-10-12-4-2-3-5-13(12)11-14/h2-5,14,17H,6-11H2,1H3. The number of rotatable bonds is 6. The molecule has 1 amide bonds. The van der Waals surface area contributed by atoms with Gasteiger partial charge in [0.2, 0.25) is 5.91 Å². The van der Waals surface area contributed by atoms with Gasteiger partial charge in [0.1, 0.15) is 0 Å². The average Bonchev–Trinajstić information content (AvgIpc) is 2.86. The molecule has 0 heterocycles. The maximum atomic E-state index is 12.5. The Morgan fingerprint density at radius 1 is 1.32 bits per heavy atom. The van der Waals surface area contributed by atoms with Crippen molar-refractivity contribution in [3.8, 4) is 0 Å². The number of carbonyl (C=O) groups is 1. The van der Waals surface area contributed by atoms with Gasteiger partial charge in [-0.25, -0.2) is 0 Å². The van der Waals surface area contributed by atoms with Crippen molar-refractivity contribution in [2.45, 2.75) is 12.8 Å². The molecular weight excluding hydrogens is 242 g/mol. The van der Waals surface area contributed by atoms with Crippen molar-refractivity contribution in [3.63, 3.8) is 0 Å². The average molecular weight is 263 g/mol. The number of benzene rings is 1. The summed E-state index contributed by atoms with van der Waals surface area (Å²) in [5.74, 6) is 0.142. The second kappa shape index (κ2) is 6.68. The molecule has 1 aliphatic carbocycles. The lowest BCUT2D eigenvalue weighted by Crippen LogP contribution is -2.40. The Hall–Kier alpha value is -1.39. The van der Waals surface area contributed by atoms with Crippen LogP contribution in [0.3, 0.4) is 0 Å². The highest BCUT2D eigenvalue weighted by atomic mass is 16.5. The maximum Gasteiger partial charge on any atom is 0.226 e. The summed E-state index contributed by atoms with van der Waals surface area (Å²) in [6.45, 7) is 1.43. The lowest BCUT2D eigenvalue weighted by molar-refractivity contribution is -0.136. The summed E-state index contributed by atoms with van der Waals surface area (Å²) in [5.41, 5.74) is 2.55. The van der Waals surface area contributed by atoms with E-state index in [-0.39, 0.29) is 18.4 Å². The minimum absolute atomic E-state index is 0.00484. The van der Waals surface area contributed by atoms with Crippen LogP contribution in [0.25, 0.3) is 0 Å². The Morgan fingerprint density at radius 2 is 1.95 bits per heavy atom. The van der Waals surface area contributed by atoms with Gasteiger partial charge in [0.05, 0.1) is 13.2 Å². The van der Waals surface area contributed by atoms with Crippen LogP contribution in [-0.2, 0) is 22.4 Å². The Bertz CT molecular complexity index is 408. The fourth-order valence-electron chi connectivity index (χ4n) is 2.65. The number of amides is 1. The summed E-state index contributed by atoms with van der Waals surface area (Å²) in [6.07, 6.45) is 1.62. The minimum Gasteiger partial charge on any atom is -0.395 e. The Labute approximate surface area is 114 Å². The predicted molar refractivity (Wildman–Crippen MR) is 72.9 cm³/mol. The summed E-state index contributed by atoms with van der Waals surface area (Å²) >= 11 is 0. The van der Waals surface area contributed by atoms with E-state index < -0.39 is 0 Å². The van der Waals surface area contributed by atoms with Gasteiger partial charge in [-0.05, 0) is 24.0 Å².